The largest absolute Gasteiger partial charge is 0.492 e. The second-order valence-electron chi connectivity index (χ2n) is 5.68. The maximum Gasteiger partial charge on any atom is 0.193 e. The van der Waals surface area contributed by atoms with Crippen molar-refractivity contribution in [3.63, 3.8) is 0 Å². The molecule has 1 unspecified atom stereocenters. The molecule has 0 spiro atoms. The molecule has 1 atom stereocenters. The molecule has 21 heavy (non-hydrogen) atoms. The van der Waals surface area contributed by atoms with Crippen molar-refractivity contribution in [1.82, 2.24) is 4.98 Å². The maximum absolute atomic E-state index is 12.7. The van der Waals surface area contributed by atoms with Crippen LogP contribution in [0.5, 0.6) is 5.75 Å². The van der Waals surface area contributed by atoms with Crippen molar-refractivity contribution in [2.24, 2.45) is 5.92 Å². The molecular formula is C17H25NO3. The number of ether oxygens (including phenoxy) is 2. The summed E-state index contributed by atoms with van der Waals surface area (Å²) in [5.74, 6) is 1.01. The number of pyridine rings is 1. The summed E-state index contributed by atoms with van der Waals surface area (Å²) in [5.41, 5.74) is 0.584. The zero-order valence-electron chi connectivity index (χ0n) is 13.0. The van der Waals surface area contributed by atoms with E-state index in [0.29, 0.717) is 23.8 Å². The minimum atomic E-state index is -0.353. The molecule has 1 heterocycles. The third kappa shape index (κ3) is 4.27. The Balaban J connectivity index is 2.09. The number of Topliss-reactive ketones (excluding diaryl/α,β-unsaturated/α-hetero) is 1. The molecular weight excluding hydrogens is 266 g/mol. The fraction of sp³-hybridized carbons (Fsp3) is 0.647. The summed E-state index contributed by atoms with van der Waals surface area (Å²) in [5, 5.41) is 0. The summed E-state index contributed by atoms with van der Waals surface area (Å²) in [7, 11) is 1.63. The summed E-state index contributed by atoms with van der Waals surface area (Å²) < 4.78 is 11.1. The first-order valence-corrected chi connectivity index (χ1v) is 7.91. The Morgan fingerprint density at radius 3 is 2.76 bits per heavy atom. The normalized spacial score (nSPS) is 17.4. The summed E-state index contributed by atoms with van der Waals surface area (Å²) in [4.78, 5) is 16.8. The standard InChI is InChI=1S/C17H25NO3/c1-3-9-21-15-10-14(11-18-12-15)16(19)17(20-2)13-7-5-4-6-8-13/h10-13,17H,3-9H2,1-2H3. The van der Waals surface area contributed by atoms with Gasteiger partial charge in [-0.3, -0.25) is 9.78 Å². The van der Waals surface area contributed by atoms with Gasteiger partial charge < -0.3 is 9.47 Å². The van der Waals surface area contributed by atoms with Crippen molar-refractivity contribution in [2.75, 3.05) is 13.7 Å². The molecule has 0 saturated heterocycles. The van der Waals surface area contributed by atoms with E-state index in [1.165, 1.54) is 19.3 Å². The molecule has 1 aliphatic carbocycles. The van der Waals surface area contributed by atoms with Gasteiger partial charge in [-0.05, 0) is 31.2 Å². The summed E-state index contributed by atoms with van der Waals surface area (Å²) in [6.07, 6.45) is 9.63. The molecule has 1 aromatic rings. The van der Waals surface area contributed by atoms with E-state index in [9.17, 15) is 4.79 Å². The van der Waals surface area contributed by atoms with Crippen molar-refractivity contribution in [3.05, 3.63) is 24.0 Å². The van der Waals surface area contributed by atoms with Crippen LogP contribution in [0.1, 0.15) is 55.8 Å². The summed E-state index contributed by atoms with van der Waals surface area (Å²) in [6, 6.07) is 1.78. The van der Waals surface area contributed by atoms with Crippen molar-refractivity contribution in [1.29, 1.82) is 0 Å². The van der Waals surface area contributed by atoms with Crippen LogP contribution < -0.4 is 4.74 Å². The van der Waals surface area contributed by atoms with Crippen LogP contribution in [0.4, 0.5) is 0 Å². The van der Waals surface area contributed by atoms with Crippen molar-refractivity contribution < 1.29 is 14.3 Å². The van der Waals surface area contributed by atoms with E-state index < -0.39 is 0 Å². The molecule has 1 saturated carbocycles. The lowest BCUT2D eigenvalue weighted by atomic mass is 9.82. The predicted molar refractivity (Wildman–Crippen MR) is 81.7 cm³/mol. The van der Waals surface area contributed by atoms with E-state index >= 15 is 0 Å². The van der Waals surface area contributed by atoms with Crippen LogP contribution in [0.25, 0.3) is 0 Å². The molecule has 1 aliphatic rings. The van der Waals surface area contributed by atoms with Gasteiger partial charge in [0.25, 0.3) is 0 Å². The van der Waals surface area contributed by atoms with Gasteiger partial charge in [0.05, 0.1) is 12.8 Å². The molecule has 0 amide bonds. The Morgan fingerprint density at radius 2 is 2.10 bits per heavy atom. The van der Waals surface area contributed by atoms with Gasteiger partial charge in [0.1, 0.15) is 11.9 Å². The summed E-state index contributed by atoms with van der Waals surface area (Å²) in [6.45, 7) is 2.68. The molecule has 0 aromatic carbocycles. The lowest BCUT2D eigenvalue weighted by Gasteiger charge is -2.28. The lowest BCUT2D eigenvalue weighted by molar-refractivity contribution is 0.0313. The molecule has 1 fully saturated rings. The van der Waals surface area contributed by atoms with Crippen molar-refractivity contribution in [2.45, 2.75) is 51.6 Å². The number of aromatic nitrogens is 1. The highest BCUT2D eigenvalue weighted by Gasteiger charge is 2.30. The monoisotopic (exact) mass is 291 g/mol. The number of nitrogens with zero attached hydrogens (tertiary/aromatic N) is 1. The van der Waals surface area contributed by atoms with E-state index in [0.717, 1.165) is 19.3 Å². The van der Waals surface area contributed by atoms with E-state index in [1.54, 1.807) is 25.6 Å². The minimum Gasteiger partial charge on any atom is -0.492 e. The molecule has 4 heteroatoms. The second kappa shape index (κ2) is 8.13. The second-order valence-corrected chi connectivity index (χ2v) is 5.68. The van der Waals surface area contributed by atoms with Gasteiger partial charge in [-0.2, -0.15) is 0 Å². The topological polar surface area (TPSA) is 48.4 Å². The minimum absolute atomic E-state index is 0.0267. The van der Waals surface area contributed by atoms with Gasteiger partial charge >= 0.3 is 0 Å². The SMILES string of the molecule is CCCOc1cncc(C(=O)C(OC)C2CCCCC2)c1. The smallest absolute Gasteiger partial charge is 0.193 e. The van der Waals surface area contributed by atoms with E-state index in [4.69, 9.17) is 9.47 Å². The summed E-state index contributed by atoms with van der Waals surface area (Å²) >= 11 is 0. The molecule has 2 rings (SSSR count). The van der Waals surface area contributed by atoms with Gasteiger partial charge in [-0.25, -0.2) is 0 Å². The zero-order chi connectivity index (χ0) is 15.1. The van der Waals surface area contributed by atoms with Gasteiger partial charge in [0.15, 0.2) is 5.78 Å². The van der Waals surface area contributed by atoms with Gasteiger partial charge in [-0.15, -0.1) is 0 Å². The first kappa shape index (κ1) is 16.0. The van der Waals surface area contributed by atoms with E-state index in [1.807, 2.05) is 6.92 Å². The number of methoxy groups -OCH3 is 1. The first-order valence-electron chi connectivity index (χ1n) is 7.91. The maximum atomic E-state index is 12.7. The highest BCUT2D eigenvalue weighted by molar-refractivity contribution is 5.99. The molecule has 1 aromatic heterocycles. The Hall–Kier alpha value is -1.42. The highest BCUT2D eigenvalue weighted by atomic mass is 16.5. The van der Waals surface area contributed by atoms with Crippen molar-refractivity contribution in [3.8, 4) is 5.75 Å². The quantitative estimate of drug-likeness (QED) is 0.719. The van der Waals surface area contributed by atoms with Gasteiger partial charge in [0.2, 0.25) is 0 Å². The fourth-order valence-corrected chi connectivity index (χ4v) is 2.97. The lowest BCUT2D eigenvalue weighted by Crippen LogP contribution is -2.33. The fourth-order valence-electron chi connectivity index (χ4n) is 2.97. The van der Waals surface area contributed by atoms with Crippen LogP contribution in [0.15, 0.2) is 18.5 Å². The van der Waals surface area contributed by atoms with Gasteiger partial charge in [0, 0.05) is 18.9 Å². The molecule has 0 radical (unpaired) electrons. The first-order chi connectivity index (χ1) is 10.3. The number of ketones is 1. The Kier molecular flexibility index (Phi) is 6.18. The number of carbonyl (C=O) groups is 1. The Morgan fingerprint density at radius 1 is 1.33 bits per heavy atom. The molecule has 4 nitrogen and oxygen atoms in total. The van der Waals surface area contributed by atoms with Gasteiger partial charge in [-0.1, -0.05) is 26.2 Å². The molecule has 0 aliphatic heterocycles. The number of carbonyl (C=O) groups excluding carboxylic acids is 1. The third-order valence-corrected chi connectivity index (χ3v) is 4.06. The van der Waals surface area contributed by atoms with Crippen LogP contribution in [0.3, 0.4) is 0 Å². The van der Waals surface area contributed by atoms with Crippen LogP contribution in [-0.4, -0.2) is 30.6 Å². The number of rotatable bonds is 7. The molecule has 0 bridgehead atoms. The number of hydrogen-bond acceptors (Lipinski definition) is 4. The highest BCUT2D eigenvalue weighted by Crippen LogP contribution is 2.29. The van der Waals surface area contributed by atoms with Crippen LogP contribution >= 0.6 is 0 Å². The van der Waals surface area contributed by atoms with E-state index in [-0.39, 0.29) is 11.9 Å². The zero-order valence-corrected chi connectivity index (χ0v) is 13.0. The van der Waals surface area contributed by atoms with Crippen LogP contribution in [0, 0.1) is 5.92 Å². The molecule has 0 N–H and O–H groups in total. The van der Waals surface area contributed by atoms with E-state index in [2.05, 4.69) is 4.98 Å². The predicted octanol–water partition coefficient (Wildman–Crippen LogP) is 3.65. The Bertz CT molecular complexity index is 455. The van der Waals surface area contributed by atoms with Crippen LogP contribution in [-0.2, 0) is 4.74 Å². The van der Waals surface area contributed by atoms with Crippen LogP contribution in [0.2, 0.25) is 0 Å². The average Bonchev–Trinajstić information content (AvgIpc) is 2.55. The number of hydrogen-bond donors (Lipinski definition) is 0. The average molecular weight is 291 g/mol. The third-order valence-electron chi connectivity index (χ3n) is 4.06. The Labute approximate surface area is 126 Å². The van der Waals surface area contributed by atoms with Crippen molar-refractivity contribution >= 4 is 5.78 Å². The molecule has 116 valence electrons.